The molecule has 1 aliphatic rings. The fourth-order valence-electron chi connectivity index (χ4n) is 2.67. The third kappa shape index (κ3) is 4.40. The molecule has 0 bridgehead atoms. The van der Waals surface area contributed by atoms with Crippen molar-refractivity contribution < 1.29 is 23.9 Å². The number of methoxy groups -OCH3 is 1. The molecule has 1 fully saturated rings. The molecule has 1 saturated heterocycles. The molecule has 1 aromatic carbocycles. The van der Waals surface area contributed by atoms with Gasteiger partial charge in [-0.25, -0.2) is 0 Å². The van der Waals surface area contributed by atoms with Gasteiger partial charge in [0, 0.05) is 18.2 Å². The van der Waals surface area contributed by atoms with Gasteiger partial charge in [-0.15, -0.1) is 0 Å². The van der Waals surface area contributed by atoms with E-state index < -0.39 is 11.9 Å². The zero-order valence-corrected chi connectivity index (χ0v) is 14.6. The molecule has 2 rings (SSSR count). The normalized spacial score (nSPS) is 16.9. The maximum absolute atomic E-state index is 12.4. The molecule has 0 aliphatic carbocycles. The van der Waals surface area contributed by atoms with Gasteiger partial charge >= 0.3 is 0 Å². The molecule has 136 valence electrons. The lowest BCUT2D eigenvalue weighted by Gasteiger charge is -2.21. The monoisotopic (exact) mass is 349 g/mol. The van der Waals surface area contributed by atoms with Crippen molar-refractivity contribution >= 4 is 17.7 Å². The maximum atomic E-state index is 12.4. The highest BCUT2D eigenvalue weighted by Gasteiger charge is 2.34. The van der Waals surface area contributed by atoms with Gasteiger partial charge < -0.3 is 25.4 Å². The van der Waals surface area contributed by atoms with Crippen LogP contribution in [0.5, 0.6) is 11.5 Å². The Hall–Kier alpha value is -2.77. The minimum Gasteiger partial charge on any atom is -0.493 e. The molecular formula is C17H23N3O5. The molecular weight excluding hydrogens is 326 g/mol. The Morgan fingerprint density at radius 2 is 2.08 bits per heavy atom. The van der Waals surface area contributed by atoms with Crippen molar-refractivity contribution in [3.05, 3.63) is 23.8 Å². The smallest absolute Gasteiger partial charge is 0.255 e. The molecule has 1 unspecified atom stereocenters. The van der Waals surface area contributed by atoms with E-state index in [9.17, 15) is 14.4 Å². The van der Waals surface area contributed by atoms with Crippen LogP contribution < -0.4 is 20.5 Å². The van der Waals surface area contributed by atoms with E-state index in [2.05, 4.69) is 5.32 Å². The fraction of sp³-hybridized carbons (Fsp3) is 0.471. The number of hydrogen-bond acceptors (Lipinski definition) is 5. The summed E-state index contributed by atoms with van der Waals surface area (Å²) in [5, 5.41) is 2.75. The van der Waals surface area contributed by atoms with Crippen LogP contribution in [0.25, 0.3) is 0 Å². The van der Waals surface area contributed by atoms with Crippen LogP contribution >= 0.6 is 0 Å². The number of likely N-dealkylation sites (tertiary alicyclic amines) is 1. The summed E-state index contributed by atoms with van der Waals surface area (Å²) in [6.45, 7) is 4.23. The van der Waals surface area contributed by atoms with Crippen molar-refractivity contribution in [2.24, 2.45) is 5.73 Å². The highest BCUT2D eigenvalue weighted by molar-refractivity contribution is 5.98. The Balaban J connectivity index is 2.07. The summed E-state index contributed by atoms with van der Waals surface area (Å²) in [5.74, 6) is -0.449. The first-order valence-corrected chi connectivity index (χ1v) is 8.04. The van der Waals surface area contributed by atoms with Crippen molar-refractivity contribution in [1.29, 1.82) is 0 Å². The lowest BCUT2D eigenvalue weighted by atomic mass is 10.1. The van der Waals surface area contributed by atoms with E-state index in [1.165, 1.54) is 25.3 Å². The first kappa shape index (κ1) is 18.6. The van der Waals surface area contributed by atoms with E-state index in [0.29, 0.717) is 30.0 Å². The third-order valence-electron chi connectivity index (χ3n) is 3.96. The quantitative estimate of drug-likeness (QED) is 0.735. The number of nitrogens with two attached hydrogens (primary N) is 1. The molecule has 0 radical (unpaired) electrons. The minimum atomic E-state index is -0.613. The van der Waals surface area contributed by atoms with Crippen LogP contribution in [0.1, 0.15) is 30.6 Å². The Kier molecular flexibility index (Phi) is 5.84. The van der Waals surface area contributed by atoms with Gasteiger partial charge in [-0.1, -0.05) is 0 Å². The molecule has 3 amide bonds. The summed E-state index contributed by atoms with van der Waals surface area (Å²) >= 11 is 0. The van der Waals surface area contributed by atoms with Gasteiger partial charge in [0.05, 0.1) is 7.11 Å². The van der Waals surface area contributed by atoms with Crippen LogP contribution in [-0.2, 0) is 9.59 Å². The Bertz CT molecular complexity index is 674. The molecule has 1 aliphatic heterocycles. The summed E-state index contributed by atoms with van der Waals surface area (Å²) in [5.41, 5.74) is 5.37. The first-order chi connectivity index (χ1) is 11.8. The van der Waals surface area contributed by atoms with E-state index in [1.807, 2.05) is 13.8 Å². The standard InChI is InChI=1S/C17H23N3O5/c1-10(2)20-7-6-12(17(20)23)19-16(22)11-4-5-13(14(8-11)24-3)25-9-15(18)21/h4-5,8,10,12H,6-7,9H2,1-3H3,(H2,18,21)(H,19,22). The highest BCUT2D eigenvalue weighted by Crippen LogP contribution is 2.28. The Labute approximate surface area is 146 Å². The van der Waals surface area contributed by atoms with Gasteiger partial charge in [-0.2, -0.15) is 0 Å². The van der Waals surface area contributed by atoms with Gasteiger partial charge in [0.2, 0.25) is 5.91 Å². The van der Waals surface area contributed by atoms with Crippen LogP contribution in [0.15, 0.2) is 18.2 Å². The number of carbonyl (C=O) groups is 3. The van der Waals surface area contributed by atoms with Crippen LogP contribution in [0, 0.1) is 0 Å². The molecule has 0 spiro atoms. The first-order valence-electron chi connectivity index (χ1n) is 8.04. The number of rotatable bonds is 7. The van der Waals surface area contributed by atoms with E-state index in [0.717, 1.165) is 0 Å². The van der Waals surface area contributed by atoms with Crippen LogP contribution in [-0.4, -0.2) is 55.0 Å². The molecule has 8 heteroatoms. The van der Waals surface area contributed by atoms with Crippen molar-refractivity contribution in [3.63, 3.8) is 0 Å². The van der Waals surface area contributed by atoms with Crippen LogP contribution in [0.3, 0.4) is 0 Å². The molecule has 3 N–H and O–H groups in total. The second-order valence-electron chi connectivity index (χ2n) is 6.06. The van der Waals surface area contributed by atoms with E-state index in [4.69, 9.17) is 15.2 Å². The maximum Gasteiger partial charge on any atom is 0.255 e. The summed E-state index contributed by atoms with van der Waals surface area (Å²) in [6, 6.07) is 4.13. The van der Waals surface area contributed by atoms with Gasteiger partial charge in [0.25, 0.3) is 11.8 Å². The predicted molar refractivity (Wildman–Crippen MR) is 90.4 cm³/mol. The molecule has 1 aromatic rings. The predicted octanol–water partition coefficient (Wildman–Crippen LogP) is 0.298. The number of amides is 3. The van der Waals surface area contributed by atoms with Crippen molar-refractivity contribution in [2.45, 2.75) is 32.4 Å². The summed E-state index contributed by atoms with van der Waals surface area (Å²) in [6.07, 6.45) is 0.583. The van der Waals surface area contributed by atoms with Crippen molar-refractivity contribution in [3.8, 4) is 11.5 Å². The van der Waals surface area contributed by atoms with E-state index >= 15 is 0 Å². The topological polar surface area (TPSA) is 111 Å². The van der Waals surface area contributed by atoms with E-state index in [-0.39, 0.29) is 24.5 Å². The minimum absolute atomic E-state index is 0.0725. The highest BCUT2D eigenvalue weighted by atomic mass is 16.5. The second kappa shape index (κ2) is 7.87. The summed E-state index contributed by atoms with van der Waals surface area (Å²) < 4.78 is 10.4. The molecule has 0 saturated carbocycles. The number of nitrogens with zero attached hydrogens (tertiary/aromatic N) is 1. The number of benzene rings is 1. The van der Waals surface area contributed by atoms with Crippen molar-refractivity contribution in [2.75, 3.05) is 20.3 Å². The van der Waals surface area contributed by atoms with Crippen molar-refractivity contribution in [1.82, 2.24) is 10.2 Å². The largest absolute Gasteiger partial charge is 0.493 e. The number of ether oxygens (including phenoxy) is 2. The fourth-order valence-corrected chi connectivity index (χ4v) is 2.67. The average molecular weight is 349 g/mol. The second-order valence-corrected chi connectivity index (χ2v) is 6.06. The third-order valence-corrected chi connectivity index (χ3v) is 3.96. The number of primary amides is 1. The number of nitrogens with one attached hydrogen (secondary N) is 1. The average Bonchev–Trinajstić information content (AvgIpc) is 2.93. The van der Waals surface area contributed by atoms with Gasteiger partial charge in [-0.3, -0.25) is 14.4 Å². The Morgan fingerprint density at radius 3 is 2.64 bits per heavy atom. The zero-order valence-electron chi connectivity index (χ0n) is 14.6. The Morgan fingerprint density at radius 1 is 1.36 bits per heavy atom. The SMILES string of the molecule is COc1cc(C(=O)NC2CCN(C(C)C)C2=O)ccc1OCC(N)=O. The van der Waals surface area contributed by atoms with Gasteiger partial charge in [-0.05, 0) is 38.5 Å². The number of hydrogen-bond donors (Lipinski definition) is 2. The van der Waals surface area contributed by atoms with Gasteiger partial charge in [0.15, 0.2) is 18.1 Å². The van der Waals surface area contributed by atoms with E-state index in [1.54, 1.807) is 4.90 Å². The number of carbonyl (C=O) groups excluding carboxylic acids is 3. The molecule has 0 aromatic heterocycles. The molecule has 25 heavy (non-hydrogen) atoms. The molecule has 1 heterocycles. The molecule has 1 atom stereocenters. The van der Waals surface area contributed by atoms with Crippen LogP contribution in [0.4, 0.5) is 0 Å². The summed E-state index contributed by atoms with van der Waals surface area (Å²) in [7, 11) is 1.43. The van der Waals surface area contributed by atoms with Gasteiger partial charge in [0.1, 0.15) is 6.04 Å². The lowest BCUT2D eigenvalue weighted by Crippen LogP contribution is -2.43. The lowest BCUT2D eigenvalue weighted by molar-refractivity contribution is -0.130. The van der Waals surface area contributed by atoms with Crippen LogP contribution in [0.2, 0.25) is 0 Å². The zero-order chi connectivity index (χ0) is 18.6. The molecule has 8 nitrogen and oxygen atoms in total. The summed E-state index contributed by atoms with van der Waals surface area (Å²) in [4.78, 5) is 37.2.